The summed E-state index contributed by atoms with van der Waals surface area (Å²) < 4.78 is 5.35. The largest absolute Gasteiger partial charge is 0.379 e. The van der Waals surface area contributed by atoms with Crippen LogP contribution in [0.3, 0.4) is 0 Å². The van der Waals surface area contributed by atoms with Crippen LogP contribution in [-0.2, 0) is 4.74 Å². The molecule has 3 nitrogen and oxygen atoms in total. The van der Waals surface area contributed by atoms with Gasteiger partial charge in [-0.1, -0.05) is 12.8 Å². The molecule has 16 heavy (non-hydrogen) atoms. The van der Waals surface area contributed by atoms with Crippen molar-refractivity contribution < 1.29 is 4.74 Å². The maximum Gasteiger partial charge on any atom is 0.0594 e. The molecule has 1 saturated carbocycles. The van der Waals surface area contributed by atoms with Gasteiger partial charge < -0.3 is 10.1 Å². The molecule has 1 saturated heterocycles. The van der Waals surface area contributed by atoms with E-state index in [-0.39, 0.29) is 0 Å². The highest BCUT2D eigenvalue weighted by Crippen LogP contribution is 2.27. The van der Waals surface area contributed by atoms with Crippen LogP contribution < -0.4 is 5.32 Å². The number of hydrogen-bond acceptors (Lipinski definition) is 3. The van der Waals surface area contributed by atoms with Crippen LogP contribution in [0.15, 0.2) is 0 Å². The third-order valence-electron chi connectivity index (χ3n) is 4.10. The Balaban J connectivity index is 1.56. The fourth-order valence-corrected chi connectivity index (χ4v) is 2.90. The molecule has 1 aliphatic carbocycles. The lowest BCUT2D eigenvalue weighted by Gasteiger charge is -2.28. The fourth-order valence-electron chi connectivity index (χ4n) is 2.90. The summed E-state index contributed by atoms with van der Waals surface area (Å²) in [5.41, 5.74) is 0. The quantitative estimate of drug-likeness (QED) is 0.768. The van der Waals surface area contributed by atoms with Crippen molar-refractivity contribution in [3.63, 3.8) is 0 Å². The molecule has 1 atom stereocenters. The molecule has 0 amide bonds. The molecule has 1 aliphatic heterocycles. The van der Waals surface area contributed by atoms with Crippen molar-refractivity contribution in [3.05, 3.63) is 0 Å². The van der Waals surface area contributed by atoms with E-state index >= 15 is 0 Å². The lowest BCUT2D eigenvalue weighted by molar-refractivity contribution is 0.0380. The first-order chi connectivity index (χ1) is 7.86. The summed E-state index contributed by atoms with van der Waals surface area (Å²) in [5, 5.41) is 3.69. The zero-order valence-electron chi connectivity index (χ0n) is 10.6. The number of nitrogens with zero attached hydrogens (tertiary/aromatic N) is 1. The van der Waals surface area contributed by atoms with Gasteiger partial charge in [-0.3, -0.25) is 4.90 Å². The third kappa shape index (κ3) is 3.72. The standard InChI is InChI=1S/C13H26N2O/c1-12(13-4-2-3-5-13)14-6-7-15-8-10-16-11-9-15/h12-14H,2-11H2,1H3/t12-/m1/s1. The number of ether oxygens (including phenoxy) is 1. The molecule has 0 aromatic carbocycles. The SMILES string of the molecule is C[C@@H](NCCN1CCOCC1)C1CCCC1. The van der Waals surface area contributed by atoms with E-state index in [1.807, 2.05) is 0 Å². The maximum absolute atomic E-state index is 5.35. The zero-order chi connectivity index (χ0) is 11.2. The van der Waals surface area contributed by atoms with Gasteiger partial charge in [0.05, 0.1) is 13.2 Å². The van der Waals surface area contributed by atoms with Crippen LogP contribution in [0, 0.1) is 5.92 Å². The van der Waals surface area contributed by atoms with E-state index in [0.29, 0.717) is 6.04 Å². The Morgan fingerprint density at radius 2 is 1.94 bits per heavy atom. The van der Waals surface area contributed by atoms with Crippen molar-refractivity contribution in [2.75, 3.05) is 39.4 Å². The molecule has 0 unspecified atom stereocenters. The Labute approximate surface area is 99.5 Å². The monoisotopic (exact) mass is 226 g/mol. The van der Waals surface area contributed by atoms with Crippen LogP contribution >= 0.6 is 0 Å². The van der Waals surface area contributed by atoms with Crippen molar-refractivity contribution in [2.24, 2.45) is 5.92 Å². The molecule has 3 heteroatoms. The lowest BCUT2D eigenvalue weighted by Crippen LogP contribution is -2.43. The minimum atomic E-state index is 0.712. The zero-order valence-corrected chi connectivity index (χ0v) is 10.6. The summed E-state index contributed by atoms with van der Waals surface area (Å²) in [4.78, 5) is 2.50. The maximum atomic E-state index is 5.35. The van der Waals surface area contributed by atoms with E-state index in [2.05, 4.69) is 17.1 Å². The van der Waals surface area contributed by atoms with Gasteiger partial charge in [0, 0.05) is 32.2 Å². The number of morpholine rings is 1. The minimum Gasteiger partial charge on any atom is -0.379 e. The first kappa shape index (κ1) is 12.3. The summed E-state index contributed by atoms with van der Waals surface area (Å²) in [6.45, 7) is 8.72. The van der Waals surface area contributed by atoms with Crippen molar-refractivity contribution in [1.29, 1.82) is 0 Å². The number of hydrogen-bond donors (Lipinski definition) is 1. The first-order valence-corrected chi connectivity index (χ1v) is 6.90. The molecule has 0 radical (unpaired) electrons. The van der Waals surface area contributed by atoms with E-state index in [1.54, 1.807) is 0 Å². The van der Waals surface area contributed by atoms with Gasteiger partial charge in [-0.15, -0.1) is 0 Å². The van der Waals surface area contributed by atoms with Crippen molar-refractivity contribution in [2.45, 2.75) is 38.6 Å². The summed E-state index contributed by atoms with van der Waals surface area (Å²) in [7, 11) is 0. The second kappa shape index (κ2) is 6.58. The van der Waals surface area contributed by atoms with Crippen LogP contribution in [0.1, 0.15) is 32.6 Å². The molecule has 1 heterocycles. The van der Waals surface area contributed by atoms with Crippen LogP contribution in [-0.4, -0.2) is 50.3 Å². The van der Waals surface area contributed by atoms with E-state index < -0.39 is 0 Å². The van der Waals surface area contributed by atoms with Gasteiger partial charge in [-0.2, -0.15) is 0 Å². The lowest BCUT2D eigenvalue weighted by atomic mass is 10.00. The smallest absolute Gasteiger partial charge is 0.0594 e. The third-order valence-corrected chi connectivity index (χ3v) is 4.10. The topological polar surface area (TPSA) is 24.5 Å². The molecule has 94 valence electrons. The summed E-state index contributed by atoms with van der Waals surface area (Å²) in [6, 6.07) is 0.712. The Bertz CT molecular complexity index is 186. The van der Waals surface area contributed by atoms with E-state index in [0.717, 1.165) is 38.8 Å². The van der Waals surface area contributed by atoms with Crippen molar-refractivity contribution in [1.82, 2.24) is 10.2 Å². The van der Waals surface area contributed by atoms with Gasteiger partial charge in [0.1, 0.15) is 0 Å². The van der Waals surface area contributed by atoms with Crippen molar-refractivity contribution >= 4 is 0 Å². The highest BCUT2D eigenvalue weighted by Gasteiger charge is 2.21. The second-order valence-electron chi connectivity index (χ2n) is 5.24. The van der Waals surface area contributed by atoms with E-state index in [9.17, 15) is 0 Å². The van der Waals surface area contributed by atoms with Crippen molar-refractivity contribution in [3.8, 4) is 0 Å². The van der Waals surface area contributed by atoms with Crippen LogP contribution in [0.2, 0.25) is 0 Å². The van der Waals surface area contributed by atoms with Crippen LogP contribution in [0.25, 0.3) is 0 Å². The molecule has 2 rings (SSSR count). The highest BCUT2D eigenvalue weighted by atomic mass is 16.5. The molecule has 2 aliphatic rings. The Hall–Kier alpha value is -0.120. The normalized spacial score (nSPS) is 26.1. The predicted octanol–water partition coefficient (Wildman–Crippen LogP) is 1.49. The molecule has 0 aromatic heterocycles. The average molecular weight is 226 g/mol. The Morgan fingerprint density at radius 3 is 2.62 bits per heavy atom. The second-order valence-corrected chi connectivity index (χ2v) is 5.24. The van der Waals surface area contributed by atoms with Gasteiger partial charge in [0.2, 0.25) is 0 Å². The van der Waals surface area contributed by atoms with E-state index in [4.69, 9.17) is 4.74 Å². The minimum absolute atomic E-state index is 0.712. The molecule has 0 aromatic rings. The molecular weight excluding hydrogens is 200 g/mol. The summed E-state index contributed by atoms with van der Waals surface area (Å²) >= 11 is 0. The molecule has 0 bridgehead atoms. The summed E-state index contributed by atoms with van der Waals surface area (Å²) in [5.74, 6) is 0.935. The summed E-state index contributed by atoms with van der Waals surface area (Å²) in [6.07, 6.45) is 5.76. The van der Waals surface area contributed by atoms with Gasteiger partial charge >= 0.3 is 0 Å². The first-order valence-electron chi connectivity index (χ1n) is 6.90. The fraction of sp³-hybridized carbons (Fsp3) is 1.00. The average Bonchev–Trinajstić information content (AvgIpc) is 2.84. The van der Waals surface area contributed by atoms with E-state index in [1.165, 1.54) is 32.2 Å². The van der Waals surface area contributed by atoms with Gasteiger partial charge in [0.25, 0.3) is 0 Å². The highest BCUT2D eigenvalue weighted by molar-refractivity contribution is 4.77. The van der Waals surface area contributed by atoms with Gasteiger partial charge in [-0.05, 0) is 25.7 Å². The Morgan fingerprint density at radius 1 is 1.25 bits per heavy atom. The van der Waals surface area contributed by atoms with Crippen LogP contribution in [0.5, 0.6) is 0 Å². The van der Waals surface area contributed by atoms with Gasteiger partial charge in [0.15, 0.2) is 0 Å². The predicted molar refractivity (Wildman–Crippen MR) is 66.7 cm³/mol. The molecule has 2 fully saturated rings. The molecule has 1 N–H and O–H groups in total. The number of nitrogens with one attached hydrogen (secondary N) is 1. The molecular formula is C13H26N2O. The van der Waals surface area contributed by atoms with Gasteiger partial charge in [-0.25, -0.2) is 0 Å². The van der Waals surface area contributed by atoms with Crippen LogP contribution in [0.4, 0.5) is 0 Å². The Kier molecular flexibility index (Phi) is 5.07. The molecule has 0 spiro atoms. The number of rotatable bonds is 5.